The topological polar surface area (TPSA) is 26.3 Å². The van der Waals surface area contributed by atoms with E-state index in [1.165, 1.54) is 0 Å². The van der Waals surface area contributed by atoms with Crippen LogP contribution in [0, 0.1) is 0 Å². The maximum absolute atomic E-state index is 7.75. The molecule has 0 aromatic rings. The summed E-state index contributed by atoms with van der Waals surface area (Å²) in [6.07, 6.45) is 0. The molecule has 0 rings (SSSR count). The fourth-order valence-corrected chi connectivity index (χ4v) is 0. The summed E-state index contributed by atoms with van der Waals surface area (Å²) < 4.78 is 4.85. The van der Waals surface area contributed by atoms with Gasteiger partial charge in [0.05, 0.1) is 20.4 Å². The van der Waals surface area contributed by atoms with Crippen LogP contribution in [0.2, 0.25) is 0 Å². The minimum absolute atomic E-state index is 0. The molecule has 2 nitrogen and oxygen atoms in total. The van der Waals surface area contributed by atoms with Crippen molar-refractivity contribution in [2.75, 3.05) is 20.4 Å². The quantitative estimate of drug-likeness (QED) is 0.406. The van der Waals surface area contributed by atoms with Crippen molar-refractivity contribution < 1.29 is 30.4 Å². The van der Waals surface area contributed by atoms with E-state index in [2.05, 4.69) is 20.1 Å². The summed E-state index contributed by atoms with van der Waals surface area (Å²) in [7, 11) is 1.37. The van der Waals surface area contributed by atoms with Crippen LogP contribution in [0.3, 0.4) is 0 Å². The van der Waals surface area contributed by atoms with Crippen LogP contribution in [-0.4, -0.2) is 27.2 Å². The minimum atomic E-state index is -0.374. The Labute approximate surface area is 66.1 Å². The van der Waals surface area contributed by atoms with Crippen LogP contribution in [0.5, 0.6) is 0 Å². The summed E-state index contributed by atoms with van der Waals surface area (Å²) in [5, 5.41) is 0. The third kappa shape index (κ3) is 29.5. The molecule has 50 valence electrons. The van der Waals surface area contributed by atoms with Crippen molar-refractivity contribution in [1.82, 2.24) is 0 Å². The molecule has 0 radical (unpaired) electrons. The normalized spacial score (nSPS) is 6.50. The minimum Gasteiger partial charge on any atom is -0.545 e. The first-order valence-electron chi connectivity index (χ1n) is 1.85. The third-order valence-electron chi connectivity index (χ3n) is 0.408. The number of rotatable bonds is 1. The van der Waals surface area contributed by atoms with Gasteiger partial charge in [-0.25, -0.2) is 4.52 Å². The molecule has 8 heavy (non-hydrogen) atoms. The van der Waals surface area contributed by atoms with Gasteiger partial charge >= 0.3 is 0 Å². The number of hydrogen-bond donors (Lipinski definition) is 0. The summed E-state index contributed by atoms with van der Waals surface area (Å²) in [5.74, 6) is 0. The largest absolute Gasteiger partial charge is 0.545 e. The predicted molar refractivity (Wildman–Crippen MR) is 33.9 cm³/mol. The Hall–Kier alpha value is 0.748. The van der Waals surface area contributed by atoms with E-state index in [1.807, 2.05) is 0 Å². The molecule has 0 heterocycles. The molecule has 4 heteroatoms. The first kappa shape index (κ1) is 15.9. The van der Waals surface area contributed by atoms with Gasteiger partial charge in [0.2, 0.25) is 0 Å². The van der Waals surface area contributed by atoms with Crippen LogP contribution in [0.4, 0.5) is 0 Å². The first-order chi connectivity index (χ1) is 3.27. The van der Waals surface area contributed by atoms with Gasteiger partial charge in [-0.05, 0) is 0 Å². The molecule has 0 amide bonds. The predicted octanol–water partition coefficient (Wildman–Crippen LogP) is 0.745. The van der Waals surface area contributed by atoms with Gasteiger partial charge < -0.3 is 4.79 Å². The molecular weight excluding hydrogens is 295 g/mol. The van der Waals surface area contributed by atoms with Crippen molar-refractivity contribution in [3.05, 3.63) is 0 Å². The SMILES string of the molecule is CO[PH+](C)C.[CH-]=O.[W]. The summed E-state index contributed by atoms with van der Waals surface area (Å²) in [4.78, 5) is 7.75. The second-order valence-corrected chi connectivity index (χ2v) is 3.34. The zero-order valence-electron chi connectivity index (χ0n) is 5.30. The molecule has 0 unspecified atom stereocenters. The van der Waals surface area contributed by atoms with Gasteiger partial charge in [-0.2, -0.15) is 0 Å². The molecule has 0 saturated carbocycles. The summed E-state index contributed by atoms with van der Waals surface area (Å²) in [6.45, 7) is 7.45. The van der Waals surface area contributed by atoms with Crippen LogP contribution in [0.15, 0.2) is 0 Å². The Morgan fingerprint density at radius 3 is 1.50 bits per heavy atom. The smallest absolute Gasteiger partial charge is 0.126 e. The average molecular weight is 306 g/mol. The van der Waals surface area contributed by atoms with Gasteiger partial charge in [0.25, 0.3) is 0 Å². The molecule has 0 aliphatic rings. The van der Waals surface area contributed by atoms with Gasteiger partial charge in [-0.15, -0.1) is 0 Å². The fourth-order valence-electron chi connectivity index (χ4n) is 0. The molecule has 0 spiro atoms. The van der Waals surface area contributed by atoms with Crippen LogP contribution in [0.1, 0.15) is 0 Å². The van der Waals surface area contributed by atoms with Crippen molar-refractivity contribution in [2.24, 2.45) is 0 Å². The van der Waals surface area contributed by atoms with E-state index in [0.29, 0.717) is 0 Å². The van der Waals surface area contributed by atoms with E-state index < -0.39 is 0 Å². The Bertz CT molecular complexity index is 35.2. The van der Waals surface area contributed by atoms with Gasteiger partial charge in [-0.3, -0.25) is 6.79 Å². The van der Waals surface area contributed by atoms with E-state index >= 15 is 0 Å². The summed E-state index contributed by atoms with van der Waals surface area (Å²) in [6, 6.07) is 0. The van der Waals surface area contributed by atoms with E-state index in [-0.39, 0.29) is 29.2 Å². The fraction of sp³-hybridized carbons (Fsp3) is 0.750. The summed E-state index contributed by atoms with van der Waals surface area (Å²) >= 11 is 0. The molecule has 0 bridgehead atoms. The number of hydrogen-bond acceptors (Lipinski definition) is 2. The van der Waals surface area contributed by atoms with E-state index in [9.17, 15) is 0 Å². The van der Waals surface area contributed by atoms with Crippen molar-refractivity contribution >= 4 is 14.9 Å². The molecule has 0 aromatic carbocycles. The van der Waals surface area contributed by atoms with Crippen LogP contribution in [-0.2, 0) is 30.4 Å². The van der Waals surface area contributed by atoms with Crippen LogP contribution < -0.4 is 0 Å². The van der Waals surface area contributed by atoms with Crippen molar-refractivity contribution in [3.8, 4) is 0 Å². The molecule has 0 fully saturated rings. The Morgan fingerprint density at radius 2 is 1.50 bits per heavy atom. The second-order valence-electron chi connectivity index (χ2n) is 1.11. The zero-order valence-corrected chi connectivity index (χ0v) is 9.24. The molecule has 0 saturated heterocycles. The van der Waals surface area contributed by atoms with E-state index in [1.54, 1.807) is 7.11 Å². The summed E-state index contributed by atoms with van der Waals surface area (Å²) in [5.41, 5.74) is 0. The maximum Gasteiger partial charge on any atom is 0.126 e. The van der Waals surface area contributed by atoms with Gasteiger partial charge in [0.15, 0.2) is 0 Å². The molecule has 0 N–H and O–H groups in total. The average Bonchev–Trinajstić information content (AvgIpc) is 1.73. The monoisotopic (exact) mass is 306 g/mol. The van der Waals surface area contributed by atoms with E-state index in [4.69, 9.17) is 9.32 Å². The van der Waals surface area contributed by atoms with Crippen molar-refractivity contribution in [3.63, 3.8) is 0 Å². The first-order valence-corrected chi connectivity index (χ1v) is 4.26. The third-order valence-corrected chi connectivity index (χ3v) is 1.22. The molecule has 0 aromatic heterocycles. The van der Waals surface area contributed by atoms with Crippen LogP contribution in [0.25, 0.3) is 0 Å². The Morgan fingerprint density at radius 1 is 1.38 bits per heavy atom. The van der Waals surface area contributed by atoms with Crippen LogP contribution >= 0.6 is 8.15 Å². The Balaban J connectivity index is -0.0000000750. The molecule has 0 aliphatic heterocycles. The van der Waals surface area contributed by atoms with Crippen molar-refractivity contribution in [2.45, 2.75) is 0 Å². The zero-order chi connectivity index (χ0) is 6.28. The Kier molecular flexibility index (Phi) is 31.1. The number of carbonyl (C=O) groups excluding carboxylic acids is 1. The van der Waals surface area contributed by atoms with E-state index in [0.717, 1.165) is 0 Å². The molecule has 0 aliphatic carbocycles. The standard InChI is InChI=1S/C3H9OP.CHO.W/c1-4-5(2)3;1-2;/h1-3H3;1H;/q;-1;/p+1. The second kappa shape index (κ2) is 15.7. The van der Waals surface area contributed by atoms with Gasteiger partial charge in [0.1, 0.15) is 8.15 Å². The van der Waals surface area contributed by atoms with Gasteiger partial charge in [0, 0.05) is 21.1 Å². The van der Waals surface area contributed by atoms with Gasteiger partial charge in [-0.1, -0.05) is 0 Å². The van der Waals surface area contributed by atoms with Crippen molar-refractivity contribution in [1.29, 1.82) is 0 Å². The molecule has 0 atom stereocenters. The maximum atomic E-state index is 7.75. The molecular formula is C4H11O2PW.